The number of imidazole rings is 1. The van der Waals surface area contributed by atoms with Crippen LogP contribution in [0.2, 0.25) is 0 Å². The van der Waals surface area contributed by atoms with Crippen LogP contribution in [-0.2, 0) is 32.7 Å². The average molecular weight is 411 g/mol. The van der Waals surface area contributed by atoms with Gasteiger partial charge in [-0.15, -0.1) is 11.6 Å². The van der Waals surface area contributed by atoms with E-state index in [0.717, 1.165) is 16.7 Å². The summed E-state index contributed by atoms with van der Waals surface area (Å²) in [5, 5.41) is 5.49. The van der Waals surface area contributed by atoms with Crippen LogP contribution in [0.1, 0.15) is 6.92 Å². The van der Waals surface area contributed by atoms with Crippen molar-refractivity contribution in [3.63, 3.8) is 0 Å². The first kappa shape index (κ1) is 19.6. The summed E-state index contributed by atoms with van der Waals surface area (Å²) < 4.78 is 13.2. The minimum absolute atomic E-state index is 0. The third-order valence-corrected chi connectivity index (χ3v) is 3.63. The maximum absolute atomic E-state index is 7.34. The summed E-state index contributed by atoms with van der Waals surface area (Å²) >= 11 is 0. The molecule has 7 heteroatoms. The molecule has 4 rings (SSSR count). The van der Waals surface area contributed by atoms with Crippen LogP contribution in [0.3, 0.4) is 0 Å². The van der Waals surface area contributed by atoms with Crippen LogP contribution in [0.5, 0.6) is 5.88 Å². The molecule has 0 aliphatic heterocycles. The summed E-state index contributed by atoms with van der Waals surface area (Å²) in [5.74, 6) is 1.17. The van der Waals surface area contributed by atoms with Crippen LogP contribution in [-0.4, -0.2) is 27.2 Å². The third-order valence-electron chi connectivity index (χ3n) is 3.63. The van der Waals surface area contributed by atoms with Gasteiger partial charge in [0.05, 0.1) is 12.3 Å². The summed E-state index contributed by atoms with van der Waals surface area (Å²) in [6, 6.07) is 13.4. The third kappa shape index (κ3) is 3.76. The van der Waals surface area contributed by atoms with Crippen LogP contribution in [0.25, 0.3) is 33.8 Å². The minimum Gasteiger partial charge on any atom is -0.674 e. The van der Waals surface area contributed by atoms with Crippen molar-refractivity contribution in [3.05, 3.63) is 61.8 Å². The molecular formula is C18H18N4O2Y-2. The Morgan fingerprint density at radius 2 is 2.04 bits per heavy atom. The van der Waals surface area contributed by atoms with Gasteiger partial charge in [-0.05, 0) is 25.1 Å². The number of para-hydroxylation sites is 1. The van der Waals surface area contributed by atoms with E-state index in [1.165, 1.54) is 0 Å². The molecule has 1 aromatic carbocycles. The van der Waals surface area contributed by atoms with Crippen molar-refractivity contribution in [2.45, 2.75) is 13.0 Å². The average Bonchev–Trinajstić information content (AvgIpc) is 3.17. The van der Waals surface area contributed by atoms with Gasteiger partial charge < -0.3 is 22.3 Å². The molecule has 3 aromatic heterocycles. The van der Waals surface area contributed by atoms with Crippen molar-refractivity contribution in [2.75, 3.05) is 6.54 Å². The van der Waals surface area contributed by atoms with Crippen LogP contribution in [0.15, 0.2) is 53.1 Å². The normalized spacial score (nSPS) is 11.8. The maximum Gasteiger partial charge on any atom is 0.232 e. The Kier molecular flexibility index (Phi) is 6.33. The van der Waals surface area contributed by atoms with E-state index in [-0.39, 0.29) is 52.8 Å². The minimum atomic E-state index is -0.210. The zero-order chi connectivity index (χ0) is 15.8. The van der Waals surface area contributed by atoms with E-state index < -0.39 is 0 Å². The second kappa shape index (κ2) is 8.08. The number of fused-ring (bicyclic) bond motifs is 2. The summed E-state index contributed by atoms with van der Waals surface area (Å²) in [5.41, 5.74) is 9.65. The summed E-state index contributed by atoms with van der Waals surface area (Å²) in [6.45, 7) is 2.02. The van der Waals surface area contributed by atoms with Gasteiger partial charge >= 0.3 is 0 Å². The molecule has 1 N–H and O–H groups in total. The van der Waals surface area contributed by atoms with Crippen LogP contribution in [0.4, 0.5) is 0 Å². The van der Waals surface area contributed by atoms with Gasteiger partial charge in [-0.1, -0.05) is 18.2 Å². The Bertz CT molecular complexity index is 946. The van der Waals surface area contributed by atoms with Crippen molar-refractivity contribution in [1.29, 1.82) is 0 Å². The molecule has 25 heavy (non-hydrogen) atoms. The van der Waals surface area contributed by atoms with Crippen molar-refractivity contribution < 1.29 is 41.9 Å². The molecule has 127 valence electrons. The number of nitrogens with one attached hydrogen (secondary N) is 1. The van der Waals surface area contributed by atoms with E-state index in [1.54, 1.807) is 16.8 Å². The fourth-order valence-electron chi connectivity index (χ4n) is 2.44. The van der Waals surface area contributed by atoms with E-state index in [0.29, 0.717) is 17.3 Å². The van der Waals surface area contributed by atoms with Gasteiger partial charge in [-0.3, -0.25) is 0 Å². The standard InChI is InChI=1S/C17H15N4O2.CH3.Y/c1-11(9-18)22-17-7-6-16-19-10-13(21(16)20-17)15-8-12-4-2-3-5-14(12)23-15;;/h2-8,10-11,18H,9H2,1H3;1H3;/q2*-1;. The van der Waals surface area contributed by atoms with E-state index in [9.17, 15) is 0 Å². The Morgan fingerprint density at radius 3 is 2.80 bits per heavy atom. The number of hydrogen-bond acceptors (Lipinski definition) is 4. The molecule has 0 amide bonds. The molecule has 0 spiro atoms. The Morgan fingerprint density at radius 1 is 1.24 bits per heavy atom. The Balaban J connectivity index is 0.00000113. The second-order valence-electron chi connectivity index (χ2n) is 5.37. The van der Waals surface area contributed by atoms with E-state index in [1.807, 2.05) is 43.3 Å². The predicted octanol–water partition coefficient (Wildman–Crippen LogP) is 4.41. The number of rotatable bonds is 4. The van der Waals surface area contributed by atoms with Gasteiger partial charge in [-0.25, -0.2) is 9.50 Å². The summed E-state index contributed by atoms with van der Waals surface area (Å²) in [4.78, 5) is 4.35. The number of hydrogen-bond donors (Lipinski definition) is 0. The SMILES string of the molecule is CC(C[NH-])Oc1ccc2ncc(-c3cc4ccccc4o3)n2n1.[CH3-].[Y]. The Hall–Kier alpha value is -1.76. The zero-order valence-electron chi connectivity index (χ0n) is 14.1. The zero-order valence-corrected chi connectivity index (χ0v) is 17.0. The molecule has 1 atom stereocenters. The molecule has 0 saturated heterocycles. The molecule has 0 aliphatic carbocycles. The van der Waals surface area contributed by atoms with E-state index >= 15 is 0 Å². The number of benzene rings is 1. The van der Waals surface area contributed by atoms with Crippen molar-refractivity contribution in [3.8, 4) is 17.3 Å². The molecule has 1 radical (unpaired) electrons. The van der Waals surface area contributed by atoms with Crippen LogP contribution < -0.4 is 4.74 Å². The molecule has 0 fully saturated rings. The Labute approximate surface area is 171 Å². The molecule has 1 unspecified atom stereocenters. The van der Waals surface area contributed by atoms with Crippen molar-refractivity contribution >= 4 is 16.6 Å². The second-order valence-corrected chi connectivity index (χ2v) is 5.37. The van der Waals surface area contributed by atoms with Gasteiger partial charge in [-0.2, -0.15) is 0 Å². The van der Waals surface area contributed by atoms with Gasteiger partial charge in [0, 0.05) is 44.2 Å². The van der Waals surface area contributed by atoms with Crippen LogP contribution >= 0.6 is 0 Å². The topological polar surface area (TPSA) is 76.4 Å². The predicted molar refractivity (Wildman–Crippen MR) is 93.9 cm³/mol. The van der Waals surface area contributed by atoms with Gasteiger partial charge in [0.15, 0.2) is 11.4 Å². The largest absolute Gasteiger partial charge is 0.674 e. The number of ether oxygens (including phenoxy) is 1. The van der Waals surface area contributed by atoms with Gasteiger partial charge in [0.1, 0.15) is 11.3 Å². The molecule has 0 aliphatic rings. The number of nitrogens with zero attached hydrogens (tertiary/aromatic N) is 3. The van der Waals surface area contributed by atoms with Crippen molar-refractivity contribution in [1.82, 2.24) is 14.6 Å². The van der Waals surface area contributed by atoms with Gasteiger partial charge in [0.2, 0.25) is 5.88 Å². The number of furan rings is 1. The first-order valence-corrected chi connectivity index (χ1v) is 7.39. The first-order valence-electron chi connectivity index (χ1n) is 7.39. The fraction of sp³-hybridized carbons (Fsp3) is 0.167. The molecule has 4 aromatic rings. The molecule has 6 nitrogen and oxygen atoms in total. The summed E-state index contributed by atoms with van der Waals surface area (Å²) in [7, 11) is 0. The van der Waals surface area contributed by atoms with E-state index in [4.69, 9.17) is 14.9 Å². The quantitative estimate of drug-likeness (QED) is 0.466. The smallest absolute Gasteiger partial charge is 0.232 e. The van der Waals surface area contributed by atoms with Gasteiger partial charge in [0.25, 0.3) is 0 Å². The molecule has 0 bridgehead atoms. The first-order chi connectivity index (χ1) is 11.2. The monoisotopic (exact) mass is 411 g/mol. The fourth-order valence-corrected chi connectivity index (χ4v) is 2.44. The maximum atomic E-state index is 7.34. The molecule has 3 heterocycles. The van der Waals surface area contributed by atoms with Crippen molar-refractivity contribution in [2.24, 2.45) is 0 Å². The molecular weight excluding hydrogens is 393 g/mol. The molecule has 0 saturated carbocycles. The summed E-state index contributed by atoms with van der Waals surface area (Å²) in [6.07, 6.45) is 1.52. The van der Waals surface area contributed by atoms with E-state index in [2.05, 4.69) is 10.1 Å². The van der Waals surface area contributed by atoms with Crippen LogP contribution in [0, 0.1) is 7.43 Å². The number of aromatic nitrogens is 3.